The number of alkyl halides is 3. The fraction of sp³-hybridized carbons (Fsp3) is 0.909. The predicted octanol–water partition coefficient (Wildman–Crippen LogP) is 1.34. The first kappa shape index (κ1) is 15.2. The molecule has 0 aliphatic heterocycles. The third kappa shape index (κ3) is 4.13. The molecule has 18 heavy (non-hydrogen) atoms. The van der Waals surface area contributed by atoms with Gasteiger partial charge in [-0.15, -0.1) is 0 Å². The van der Waals surface area contributed by atoms with E-state index in [4.69, 9.17) is 16.2 Å². The highest BCUT2D eigenvalue weighted by molar-refractivity contribution is 5.80. The van der Waals surface area contributed by atoms with Crippen LogP contribution in [0.3, 0.4) is 0 Å². The molecule has 0 aromatic rings. The number of hydrogen-bond acceptors (Lipinski definition) is 3. The van der Waals surface area contributed by atoms with Crippen molar-refractivity contribution < 1.29 is 18.3 Å². The van der Waals surface area contributed by atoms with Gasteiger partial charge >= 0.3 is 6.18 Å². The molecule has 1 saturated carbocycles. The van der Waals surface area contributed by atoms with E-state index in [0.29, 0.717) is 0 Å². The standard InChI is InChI=1S/C11H20F3N3O/c12-11(13,14)9(10(15)16)7-17(5-6-18)8-3-1-2-4-8/h8-9,18H,1-7H2,(H3,15,16). The van der Waals surface area contributed by atoms with E-state index in [0.717, 1.165) is 25.7 Å². The zero-order valence-electron chi connectivity index (χ0n) is 10.2. The van der Waals surface area contributed by atoms with Crippen molar-refractivity contribution >= 4 is 5.84 Å². The lowest BCUT2D eigenvalue weighted by Gasteiger charge is -2.32. The van der Waals surface area contributed by atoms with Crippen LogP contribution in [0.15, 0.2) is 0 Å². The molecule has 0 spiro atoms. The van der Waals surface area contributed by atoms with Gasteiger partial charge in [-0.1, -0.05) is 12.8 Å². The van der Waals surface area contributed by atoms with Gasteiger partial charge in [0.15, 0.2) is 0 Å². The van der Waals surface area contributed by atoms with Gasteiger partial charge in [-0.05, 0) is 12.8 Å². The van der Waals surface area contributed by atoms with E-state index in [9.17, 15) is 13.2 Å². The third-order valence-corrected chi connectivity index (χ3v) is 3.42. The average molecular weight is 267 g/mol. The first-order valence-electron chi connectivity index (χ1n) is 6.11. The van der Waals surface area contributed by atoms with Gasteiger partial charge < -0.3 is 10.8 Å². The molecule has 0 heterocycles. The summed E-state index contributed by atoms with van der Waals surface area (Å²) in [7, 11) is 0. The Morgan fingerprint density at radius 2 is 1.94 bits per heavy atom. The van der Waals surface area contributed by atoms with Crippen LogP contribution in [0.5, 0.6) is 0 Å². The summed E-state index contributed by atoms with van der Waals surface area (Å²) in [6.07, 6.45) is -0.796. The minimum atomic E-state index is -4.50. The summed E-state index contributed by atoms with van der Waals surface area (Å²) in [6, 6.07) is 0.0707. The summed E-state index contributed by atoms with van der Waals surface area (Å²) in [4.78, 5) is 1.62. The first-order valence-corrected chi connectivity index (χ1v) is 6.11. The Kier molecular flexibility index (Phi) is 5.40. The van der Waals surface area contributed by atoms with Gasteiger partial charge in [-0.3, -0.25) is 10.3 Å². The maximum absolute atomic E-state index is 12.7. The first-order chi connectivity index (χ1) is 8.36. The van der Waals surface area contributed by atoms with Crippen LogP contribution in [-0.4, -0.2) is 47.8 Å². The predicted molar refractivity (Wildman–Crippen MR) is 62.4 cm³/mol. The van der Waals surface area contributed by atoms with E-state index in [-0.39, 0.29) is 25.7 Å². The second-order valence-electron chi connectivity index (χ2n) is 4.71. The number of nitrogens with zero attached hydrogens (tertiary/aromatic N) is 1. The van der Waals surface area contributed by atoms with Crippen LogP contribution in [0, 0.1) is 11.3 Å². The maximum Gasteiger partial charge on any atom is 0.399 e. The van der Waals surface area contributed by atoms with Gasteiger partial charge in [0.25, 0.3) is 0 Å². The van der Waals surface area contributed by atoms with Crippen molar-refractivity contribution in [3.8, 4) is 0 Å². The van der Waals surface area contributed by atoms with E-state index >= 15 is 0 Å². The zero-order valence-corrected chi connectivity index (χ0v) is 10.2. The van der Waals surface area contributed by atoms with Crippen molar-refractivity contribution in [2.45, 2.75) is 37.9 Å². The number of nitrogens with two attached hydrogens (primary N) is 1. The van der Waals surface area contributed by atoms with Gasteiger partial charge in [0.05, 0.1) is 6.61 Å². The van der Waals surface area contributed by atoms with Crippen molar-refractivity contribution in [3.05, 3.63) is 0 Å². The molecule has 0 aromatic carbocycles. The Bertz CT molecular complexity index is 277. The summed E-state index contributed by atoms with van der Waals surface area (Å²) in [5, 5.41) is 16.0. The Morgan fingerprint density at radius 1 is 1.39 bits per heavy atom. The summed E-state index contributed by atoms with van der Waals surface area (Å²) in [5.74, 6) is -2.80. The molecule has 1 aliphatic carbocycles. The highest BCUT2D eigenvalue weighted by Crippen LogP contribution is 2.30. The van der Waals surface area contributed by atoms with Crippen LogP contribution < -0.4 is 5.73 Å². The van der Waals surface area contributed by atoms with Crippen LogP contribution in [-0.2, 0) is 0 Å². The molecule has 7 heteroatoms. The fourth-order valence-electron chi connectivity index (χ4n) is 2.43. The van der Waals surface area contributed by atoms with Gasteiger partial charge in [0.1, 0.15) is 11.8 Å². The Labute approximate surface area is 104 Å². The van der Waals surface area contributed by atoms with Gasteiger partial charge in [0, 0.05) is 19.1 Å². The number of amidine groups is 1. The molecule has 106 valence electrons. The van der Waals surface area contributed by atoms with Crippen molar-refractivity contribution in [2.75, 3.05) is 19.7 Å². The van der Waals surface area contributed by atoms with E-state index < -0.39 is 17.9 Å². The molecule has 1 fully saturated rings. The molecule has 0 radical (unpaired) electrons. The Balaban J connectivity index is 2.70. The summed E-state index contributed by atoms with van der Waals surface area (Å²) in [6.45, 7) is -0.312. The molecule has 4 N–H and O–H groups in total. The van der Waals surface area contributed by atoms with Crippen molar-refractivity contribution in [3.63, 3.8) is 0 Å². The molecular formula is C11H20F3N3O. The molecule has 4 nitrogen and oxygen atoms in total. The van der Waals surface area contributed by atoms with Crippen molar-refractivity contribution in [1.82, 2.24) is 4.90 Å². The minimum absolute atomic E-state index is 0.0707. The summed E-state index contributed by atoms with van der Waals surface area (Å²) in [5.41, 5.74) is 5.04. The third-order valence-electron chi connectivity index (χ3n) is 3.42. The second kappa shape index (κ2) is 6.38. The monoisotopic (exact) mass is 267 g/mol. The molecule has 0 bridgehead atoms. The largest absolute Gasteiger partial charge is 0.399 e. The van der Waals surface area contributed by atoms with Gasteiger partial charge in [0.2, 0.25) is 0 Å². The van der Waals surface area contributed by atoms with Gasteiger partial charge in [-0.25, -0.2) is 0 Å². The quantitative estimate of drug-likeness (QED) is 0.502. The summed E-state index contributed by atoms with van der Waals surface area (Å²) < 4.78 is 38.2. The lowest BCUT2D eigenvalue weighted by atomic mass is 10.1. The molecular weight excluding hydrogens is 247 g/mol. The highest BCUT2D eigenvalue weighted by Gasteiger charge is 2.43. The molecule has 1 unspecified atom stereocenters. The second-order valence-corrected chi connectivity index (χ2v) is 4.71. The molecule has 0 aromatic heterocycles. The number of hydrogen-bond donors (Lipinski definition) is 3. The number of aliphatic hydroxyl groups excluding tert-OH is 1. The number of rotatable bonds is 6. The molecule has 1 atom stereocenters. The lowest BCUT2D eigenvalue weighted by Crippen LogP contribution is -2.47. The topological polar surface area (TPSA) is 73.3 Å². The number of halogens is 3. The van der Waals surface area contributed by atoms with E-state index in [2.05, 4.69) is 0 Å². The number of aliphatic hydroxyl groups is 1. The smallest absolute Gasteiger partial charge is 0.395 e. The van der Waals surface area contributed by atoms with Crippen LogP contribution in [0.25, 0.3) is 0 Å². The van der Waals surface area contributed by atoms with Crippen LogP contribution in [0.2, 0.25) is 0 Å². The van der Waals surface area contributed by atoms with Gasteiger partial charge in [-0.2, -0.15) is 13.2 Å². The SMILES string of the molecule is N=C(N)C(CN(CCO)C1CCCC1)C(F)(F)F. The Hall–Kier alpha value is -0.820. The van der Waals surface area contributed by atoms with E-state index in [1.165, 1.54) is 0 Å². The average Bonchev–Trinajstić information content (AvgIpc) is 2.74. The van der Waals surface area contributed by atoms with Crippen molar-refractivity contribution in [2.24, 2.45) is 11.7 Å². The van der Waals surface area contributed by atoms with E-state index in [1.54, 1.807) is 4.90 Å². The Morgan fingerprint density at radius 3 is 2.33 bits per heavy atom. The van der Waals surface area contributed by atoms with E-state index in [1.807, 2.05) is 0 Å². The van der Waals surface area contributed by atoms with Crippen LogP contribution in [0.4, 0.5) is 13.2 Å². The van der Waals surface area contributed by atoms with Crippen LogP contribution in [0.1, 0.15) is 25.7 Å². The van der Waals surface area contributed by atoms with Crippen molar-refractivity contribution in [1.29, 1.82) is 5.41 Å². The molecule has 0 amide bonds. The minimum Gasteiger partial charge on any atom is -0.395 e. The normalized spacial score (nSPS) is 19.4. The zero-order chi connectivity index (χ0) is 13.8. The highest BCUT2D eigenvalue weighted by atomic mass is 19.4. The summed E-state index contributed by atoms with van der Waals surface area (Å²) >= 11 is 0. The molecule has 1 aliphatic rings. The fourth-order valence-corrected chi connectivity index (χ4v) is 2.43. The maximum atomic E-state index is 12.7. The van der Waals surface area contributed by atoms with Crippen LogP contribution >= 0.6 is 0 Å². The molecule has 1 rings (SSSR count). The molecule has 0 saturated heterocycles. The number of nitrogens with one attached hydrogen (secondary N) is 1. The lowest BCUT2D eigenvalue weighted by molar-refractivity contribution is -0.161.